The number of nitrogens with two attached hydrogens (primary N) is 1. The molecule has 2 N–H and O–H groups in total. The number of rotatable bonds is 5. The molecule has 2 heterocycles. The first-order valence-corrected chi connectivity index (χ1v) is 8.47. The summed E-state index contributed by atoms with van der Waals surface area (Å²) < 4.78 is 11.1. The van der Waals surface area contributed by atoms with E-state index < -0.39 is 5.91 Å². The normalized spacial score (nSPS) is 17.5. The highest BCUT2D eigenvalue weighted by atomic mass is 32.1. The van der Waals surface area contributed by atoms with Crippen LogP contribution in [-0.4, -0.2) is 43.0 Å². The largest absolute Gasteiger partial charge is 0.483 e. The maximum Gasteiger partial charge on any atom is 0.257 e. The van der Waals surface area contributed by atoms with Crippen LogP contribution < -0.4 is 10.5 Å². The summed E-state index contributed by atoms with van der Waals surface area (Å²) in [6, 6.07) is 10.8. The maximum absolute atomic E-state index is 12.9. The lowest BCUT2D eigenvalue weighted by Gasteiger charge is -2.32. The Morgan fingerprint density at radius 3 is 2.88 bits per heavy atom. The van der Waals surface area contributed by atoms with Crippen molar-refractivity contribution in [3.63, 3.8) is 0 Å². The third-order valence-electron chi connectivity index (χ3n) is 3.70. The van der Waals surface area contributed by atoms with Gasteiger partial charge in [0, 0.05) is 11.4 Å². The van der Waals surface area contributed by atoms with Crippen molar-refractivity contribution in [2.24, 2.45) is 5.73 Å². The van der Waals surface area contributed by atoms with Gasteiger partial charge in [0.2, 0.25) is 0 Å². The Kier molecular flexibility index (Phi) is 5.12. The molecule has 1 fully saturated rings. The summed E-state index contributed by atoms with van der Waals surface area (Å²) in [6.07, 6.45) is -0.110. The van der Waals surface area contributed by atoms with E-state index in [2.05, 4.69) is 0 Å². The molecule has 0 saturated carbocycles. The van der Waals surface area contributed by atoms with Crippen molar-refractivity contribution in [2.75, 3.05) is 26.3 Å². The molecule has 126 valence electrons. The van der Waals surface area contributed by atoms with Gasteiger partial charge in [-0.1, -0.05) is 18.2 Å². The highest BCUT2D eigenvalue weighted by molar-refractivity contribution is 7.10. The monoisotopic (exact) mass is 346 g/mol. The fraction of sp³-hybridized carbons (Fsp3) is 0.294. The van der Waals surface area contributed by atoms with Crippen LogP contribution in [0, 0.1) is 0 Å². The zero-order valence-corrected chi connectivity index (χ0v) is 13.8. The van der Waals surface area contributed by atoms with E-state index in [4.69, 9.17) is 15.2 Å². The SMILES string of the molecule is NC(=O)COc1ccccc1C(=O)N1CCOC(c2cccs2)C1. The molecule has 24 heavy (non-hydrogen) atoms. The molecule has 1 aliphatic rings. The highest BCUT2D eigenvalue weighted by Crippen LogP contribution is 2.28. The van der Waals surface area contributed by atoms with E-state index in [1.165, 1.54) is 0 Å². The molecule has 1 aromatic heterocycles. The Morgan fingerprint density at radius 1 is 1.29 bits per heavy atom. The number of primary amides is 1. The molecule has 1 unspecified atom stereocenters. The predicted molar refractivity (Wildman–Crippen MR) is 90.0 cm³/mol. The zero-order chi connectivity index (χ0) is 16.9. The number of hydrogen-bond acceptors (Lipinski definition) is 5. The van der Waals surface area contributed by atoms with Crippen LogP contribution in [0.25, 0.3) is 0 Å². The second kappa shape index (κ2) is 7.46. The van der Waals surface area contributed by atoms with E-state index in [-0.39, 0.29) is 18.6 Å². The van der Waals surface area contributed by atoms with Gasteiger partial charge >= 0.3 is 0 Å². The number of carbonyl (C=O) groups excluding carboxylic acids is 2. The molecule has 0 spiro atoms. The van der Waals surface area contributed by atoms with Crippen LogP contribution in [-0.2, 0) is 9.53 Å². The number of thiophene rings is 1. The Bertz CT molecular complexity index is 717. The number of para-hydroxylation sites is 1. The lowest BCUT2D eigenvalue weighted by molar-refractivity contribution is -0.119. The van der Waals surface area contributed by atoms with Crippen molar-refractivity contribution in [3.8, 4) is 5.75 Å². The number of ether oxygens (including phenoxy) is 2. The summed E-state index contributed by atoms with van der Waals surface area (Å²) in [5.74, 6) is -0.359. The van der Waals surface area contributed by atoms with Crippen molar-refractivity contribution in [2.45, 2.75) is 6.10 Å². The van der Waals surface area contributed by atoms with Crippen molar-refractivity contribution >= 4 is 23.2 Å². The summed E-state index contributed by atoms with van der Waals surface area (Å²) in [6.45, 7) is 1.23. The van der Waals surface area contributed by atoms with Crippen LogP contribution in [0.2, 0.25) is 0 Å². The fourth-order valence-electron chi connectivity index (χ4n) is 2.57. The molecule has 0 radical (unpaired) electrons. The fourth-order valence-corrected chi connectivity index (χ4v) is 3.33. The minimum atomic E-state index is -0.582. The first-order chi connectivity index (χ1) is 11.6. The van der Waals surface area contributed by atoms with Gasteiger partial charge in [-0.05, 0) is 23.6 Å². The van der Waals surface area contributed by atoms with Gasteiger partial charge in [-0.2, -0.15) is 0 Å². The molecule has 0 aliphatic carbocycles. The van der Waals surface area contributed by atoms with Gasteiger partial charge in [-0.15, -0.1) is 11.3 Å². The number of amides is 2. The third-order valence-corrected chi connectivity index (χ3v) is 4.67. The smallest absolute Gasteiger partial charge is 0.257 e. The van der Waals surface area contributed by atoms with E-state index in [0.717, 1.165) is 4.88 Å². The molecule has 1 atom stereocenters. The summed E-state index contributed by atoms with van der Waals surface area (Å²) in [7, 11) is 0. The van der Waals surface area contributed by atoms with Gasteiger partial charge in [0.05, 0.1) is 18.7 Å². The first-order valence-electron chi connectivity index (χ1n) is 7.59. The summed E-state index contributed by atoms with van der Waals surface area (Å²) in [5, 5.41) is 1.99. The van der Waals surface area contributed by atoms with Gasteiger partial charge in [0.25, 0.3) is 11.8 Å². The number of hydrogen-bond donors (Lipinski definition) is 1. The summed E-state index contributed by atoms with van der Waals surface area (Å²) in [4.78, 5) is 26.6. The van der Waals surface area contributed by atoms with Crippen LogP contribution in [0.4, 0.5) is 0 Å². The lowest BCUT2D eigenvalue weighted by Crippen LogP contribution is -2.42. The van der Waals surface area contributed by atoms with Gasteiger partial charge in [-0.25, -0.2) is 0 Å². The van der Waals surface area contributed by atoms with Crippen LogP contribution in [0.3, 0.4) is 0 Å². The Labute approximate surface area is 143 Å². The third kappa shape index (κ3) is 3.74. The standard InChI is InChI=1S/C17H18N2O4S/c18-16(20)11-23-13-5-2-1-4-12(13)17(21)19-7-8-22-14(10-19)15-6-3-9-24-15/h1-6,9,14H,7-8,10-11H2,(H2,18,20). The summed E-state index contributed by atoms with van der Waals surface area (Å²) in [5.41, 5.74) is 5.53. The molecular formula is C17H18N2O4S. The molecular weight excluding hydrogens is 328 g/mol. The van der Waals surface area contributed by atoms with Crippen LogP contribution in [0.5, 0.6) is 5.75 Å². The van der Waals surface area contributed by atoms with Crippen LogP contribution in [0.1, 0.15) is 21.3 Å². The Hall–Kier alpha value is -2.38. The molecule has 7 heteroatoms. The predicted octanol–water partition coefficient (Wildman–Crippen LogP) is 1.83. The van der Waals surface area contributed by atoms with Crippen LogP contribution >= 0.6 is 11.3 Å². The highest BCUT2D eigenvalue weighted by Gasteiger charge is 2.28. The molecule has 0 bridgehead atoms. The van der Waals surface area contributed by atoms with E-state index >= 15 is 0 Å². The first kappa shape index (κ1) is 16.5. The average molecular weight is 346 g/mol. The van der Waals surface area contributed by atoms with E-state index in [9.17, 15) is 9.59 Å². The minimum Gasteiger partial charge on any atom is -0.483 e. The Morgan fingerprint density at radius 2 is 2.12 bits per heavy atom. The zero-order valence-electron chi connectivity index (χ0n) is 13.0. The van der Waals surface area contributed by atoms with Gasteiger partial charge < -0.3 is 20.1 Å². The topological polar surface area (TPSA) is 81.9 Å². The maximum atomic E-state index is 12.9. The van der Waals surface area contributed by atoms with E-state index in [0.29, 0.717) is 31.0 Å². The van der Waals surface area contributed by atoms with E-state index in [1.807, 2.05) is 17.5 Å². The van der Waals surface area contributed by atoms with Crippen molar-refractivity contribution in [1.29, 1.82) is 0 Å². The Balaban J connectivity index is 1.75. The van der Waals surface area contributed by atoms with Crippen molar-refractivity contribution in [3.05, 3.63) is 52.2 Å². The molecule has 6 nitrogen and oxygen atoms in total. The molecule has 2 aromatic rings. The van der Waals surface area contributed by atoms with Crippen molar-refractivity contribution < 1.29 is 19.1 Å². The number of nitrogens with zero attached hydrogens (tertiary/aromatic N) is 1. The van der Waals surface area contributed by atoms with Gasteiger partial charge in [0.1, 0.15) is 11.9 Å². The van der Waals surface area contributed by atoms with Crippen molar-refractivity contribution in [1.82, 2.24) is 4.90 Å². The molecule has 3 rings (SSSR count). The molecule has 2 amide bonds. The van der Waals surface area contributed by atoms with Gasteiger partial charge in [-0.3, -0.25) is 9.59 Å². The summed E-state index contributed by atoms with van der Waals surface area (Å²) >= 11 is 1.61. The lowest BCUT2D eigenvalue weighted by atomic mass is 10.1. The number of carbonyl (C=O) groups is 2. The molecule has 1 aromatic carbocycles. The number of benzene rings is 1. The average Bonchev–Trinajstić information content (AvgIpc) is 3.14. The second-order valence-electron chi connectivity index (χ2n) is 5.38. The molecule has 1 aliphatic heterocycles. The minimum absolute atomic E-state index is 0.110. The van der Waals surface area contributed by atoms with E-state index in [1.54, 1.807) is 40.5 Å². The van der Waals surface area contributed by atoms with Crippen LogP contribution in [0.15, 0.2) is 41.8 Å². The molecule has 1 saturated heterocycles. The second-order valence-corrected chi connectivity index (χ2v) is 6.36. The van der Waals surface area contributed by atoms with Gasteiger partial charge in [0.15, 0.2) is 6.61 Å². The number of morpholine rings is 1. The quantitative estimate of drug-likeness (QED) is 0.895.